The van der Waals surface area contributed by atoms with Gasteiger partial charge in [0.25, 0.3) is 5.91 Å². The number of halogens is 1. The molecule has 2 aromatic rings. The van der Waals surface area contributed by atoms with Crippen molar-refractivity contribution in [3.63, 3.8) is 0 Å². The van der Waals surface area contributed by atoms with Crippen LogP contribution in [0.3, 0.4) is 0 Å². The number of carbonyl (C=O) groups excluding carboxylic acids is 2. The maximum Gasteiger partial charge on any atom is 0.337 e. The molecule has 1 aliphatic rings. The van der Waals surface area contributed by atoms with E-state index in [1.165, 1.54) is 12.0 Å². The second kappa shape index (κ2) is 8.98. The lowest BCUT2D eigenvalue weighted by Crippen LogP contribution is -2.31. The third kappa shape index (κ3) is 4.52. The maximum absolute atomic E-state index is 12.7. The largest absolute Gasteiger partial charge is 0.466 e. The second-order valence-electron chi connectivity index (χ2n) is 6.45. The van der Waals surface area contributed by atoms with Gasteiger partial charge in [0, 0.05) is 6.54 Å². The number of aryl methyl sites for hydroxylation is 1. The summed E-state index contributed by atoms with van der Waals surface area (Å²) in [5.41, 5.74) is 1.76. The zero-order chi connectivity index (χ0) is 21.0. The molecule has 0 aliphatic carbocycles. The zero-order valence-electron chi connectivity index (χ0n) is 16.1. The standard InChI is InChI=1S/C21H21ClN2O5/c1-13-6-8-14(9-7-13)29-19-16(22)4-3-5-17(19)23-18-15(21(27)28-2)12-24(10-11-25)20(18)26/h3-9,23,25H,10-12H2,1-2H3. The lowest BCUT2D eigenvalue weighted by molar-refractivity contribution is -0.136. The molecule has 8 heteroatoms. The van der Waals surface area contributed by atoms with E-state index in [9.17, 15) is 14.7 Å². The minimum atomic E-state index is -0.621. The number of benzene rings is 2. The van der Waals surface area contributed by atoms with Gasteiger partial charge in [-0.2, -0.15) is 0 Å². The predicted molar refractivity (Wildman–Crippen MR) is 109 cm³/mol. The summed E-state index contributed by atoms with van der Waals surface area (Å²) in [6, 6.07) is 12.5. The first-order valence-electron chi connectivity index (χ1n) is 8.96. The minimum Gasteiger partial charge on any atom is -0.466 e. The molecule has 1 aliphatic heterocycles. The minimum absolute atomic E-state index is 0.0448. The molecule has 1 amide bonds. The molecule has 3 rings (SSSR count). The Labute approximate surface area is 173 Å². The molecule has 0 radical (unpaired) electrons. The molecule has 0 fully saturated rings. The van der Waals surface area contributed by atoms with E-state index >= 15 is 0 Å². The molecule has 0 atom stereocenters. The van der Waals surface area contributed by atoms with Crippen LogP contribution >= 0.6 is 11.6 Å². The fourth-order valence-electron chi connectivity index (χ4n) is 2.92. The maximum atomic E-state index is 12.7. The average molecular weight is 417 g/mol. The van der Waals surface area contributed by atoms with Gasteiger partial charge in [-0.3, -0.25) is 4.79 Å². The van der Waals surface area contributed by atoms with E-state index < -0.39 is 11.9 Å². The first-order valence-corrected chi connectivity index (χ1v) is 9.34. The lowest BCUT2D eigenvalue weighted by Gasteiger charge is -2.17. The number of hydrogen-bond donors (Lipinski definition) is 2. The normalized spacial score (nSPS) is 13.7. The number of hydrogen-bond acceptors (Lipinski definition) is 6. The number of aliphatic hydroxyl groups is 1. The molecular weight excluding hydrogens is 396 g/mol. The van der Waals surface area contributed by atoms with Crippen molar-refractivity contribution in [3.05, 3.63) is 64.3 Å². The van der Waals surface area contributed by atoms with Crippen LogP contribution in [0.4, 0.5) is 5.69 Å². The van der Waals surface area contributed by atoms with Gasteiger partial charge in [-0.15, -0.1) is 0 Å². The van der Waals surface area contributed by atoms with Crippen LogP contribution in [-0.2, 0) is 14.3 Å². The Morgan fingerprint density at radius 2 is 1.97 bits per heavy atom. The summed E-state index contributed by atoms with van der Waals surface area (Å²) in [5, 5.41) is 12.5. The molecule has 7 nitrogen and oxygen atoms in total. The summed E-state index contributed by atoms with van der Waals surface area (Å²) in [4.78, 5) is 26.3. The van der Waals surface area contributed by atoms with E-state index in [1.807, 2.05) is 31.2 Å². The number of β-amino-alcohol motifs (C(OH)–C–C–N with tert-alkyl or cyclic N) is 1. The predicted octanol–water partition coefficient (Wildman–Crippen LogP) is 3.11. The summed E-state index contributed by atoms with van der Waals surface area (Å²) >= 11 is 6.34. The van der Waals surface area contributed by atoms with E-state index in [4.69, 9.17) is 21.1 Å². The van der Waals surface area contributed by atoms with Crippen LogP contribution in [0.25, 0.3) is 0 Å². The highest BCUT2D eigenvalue weighted by Gasteiger charge is 2.35. The van der Waals surface area contributed by atoms with Crippen LogP contribution in [0.15, 0.2) is 53.7 Å². The number of para-hydroxylation sites is 1. The summed E-state index contributed by atoms with van der Waals surface area (Å²) in [5.74, 6) is -0.137. The van der Waals surface area contributed by atoms with Crippen LogP contribution < -0.4 is 10.1 Å². The Kier molecular flexibility index (Phi) is 6.41. The van der Waals surface area contributed by atoms with E-state index in [-0.39, 0.29) is 31.0 Å². The van der Waals surface area contributed by atoms with Gasteiger partial charge >= 0.3 is 5.97 Å². The molecule has 2 N–H and O–H groups in total. The third-order valence-corrected chi connectivity index (χ3v) is 4.72. The van der Waals surface area contributed by atoms with E-state index in [0.717, 1.165) is 5.56 Å². The van der Waals surface area contributed by atoms with Crippen LogP contribution in [-0.4, -0.2) is 48.7 Å². The number of aliphatic hydroxyl groups excluding tert-OH is 1. The Balaban J connectivity index is 1.95. The van der Waals surface area contributed by atoms with E-state index in [2.05, 4.69) is 5.32 Å². The van der Waals surface area contributed by atoms with Gasteiger partial charge in [-0.25, -0.2) is 4.79 Å². The summed E-state index contributed by atoms with van der Waals surface area (Å²) in [7, 11) is 1.25. The quantitative estimate of drug-likeness (QED) is 0.674. The number of methoxy groups -OCH3 is 1. The molecule has 0 saturated heterocycles. The highest BCUT2D eigenvalue weighted by molar-refractivity contribution is 6.32. The summed E-state index contributed by atoms with van der Waals surface area (Å²) < 4.78 is 10.7. The fourth-order valence-corrected chi connectivity index (χ4v) is 3.13. The topological polar surface area (TPSA) is 88.1 Å². The molecule has 152 valence electrons. The van der Waals surface area contributed by atoms with Gasteiger partial charge in [0.2, 0.25) is 0 Å². The number of nitrogens with zero attached hydrogens (tertiary/aromatic N) is 1. The van der Waals surface area contributed by atoms with Crippen molar-refractivity contribution in [3.8, 4) is 11.5 Å². The van der Waals surface area contributed by atoms with Gasteiger partial charge in [-0.05, 0) is 31.2 Å². The monoisotopic (exact) mass is 416 g/mol. The molecule has 0 aromatic heterocycles. The van der Waals surface area contributed by atoms with Crippen molar-refractivity contribution in [2.24, 2.45) is 0 Å². The van der Waals surface area contributed by atoms with Crippen LogP contribution in [0, 0.1) is 6.92 Å². The fraction of sp³-hybridized carbons (Fsp3) is 0.238. The highest BCUT2D eigenvalue weighted by atomic mass is 35.5. The SMILES string of the molecule is COC(=O)C1=C(Nc2cccc(Cl)c2Oc2ccc(C)cc2)C(=O)N(CCO)C1. The first-order chi connectivity index (χ1) is 13.9. The van der Waals surface area contributed by atoms with Gasteiger partial charge < -0.3 is 24.8 Å². The molecule has 1 heterocycles. The number of amides is 1. The Morgan fingerprint density at radius 3 is 2.62 bits per heavy atom. The van der Waals surface area contributed by atoms with Crippen LogP contribution in [0.1, 0.15) is 5.56 Å². The van der Waals surface area contributed by atoms with Gasteiger partial charge in [-0.1, -0.05) is 35.4 Å². The zero-order valence-corrected chi connectivity index (χ0v) is 16.8. The molecular formula is C21H21ClN2O5. The van der Waals surface area contributed by atoms with Gasteiger partial charge in [0.1, 0.15) is 11.4 Å². The number of esters is 1. The van der Waals surface area contributed by atoms with Crippen molar-refractivity contribution in [2.75, 3.05) is 32.1 Å². The van der Waals surface area contributed by atoms with Crippen molar-refractivity contribution >= 4 is 29.2 Å². The van der Waals surface area contributed by atoms with Crippen molar-refractivity contribution in [1.29, 1.82) is 0 Å². The van der Waals surface area contributed by atoms with Gasteiger partial charge in [0.15, 0.2) is 5.75 Å². The lowest BCUT2D eigenvalue weighted by atomic mass is 10.2. The molecule has 0 unspecified atom stereocenters. The smallest absolute Gasteiger partial charge is 0.337 e. The molecule has 0 saturated carbocycles. The van der Waals surface area contributed by atoms with E-state index in [1.54, 1.807) is 18.2 Å². The Morgan fingerprint density at radius 1 is 1.24 bits per heavy atom. The Bertz CT molecular complexity index is 956. The average Bonchev–Trinajstić information content (AvgIpc) is 3.01. The molecule has 29 heavy (non-hydrogen) atoms. The molecule has 2 aromatic carbocycles. The summed E-state index contributed by atoms with van der Waals surface area (Å²) in [6.45, 7) is 1.90. The van der Waals surface area contributed by atoms with Gasteiger partial charge in [0.05, 0.1) is 36.5 Å². The number of rotatable bonds is 7. The highest BCUT2D eigenvalue weighted by Crippen LogP contribution is 2.38. The first kappa shape index (κ1) is 20.7. The van der Waals surface area contributed by atoms with Crippen molar-refractivity contribution < 1.29 is 24.2 Å². The van der Waals surface area contributed by atoms with Crippen LogP contribution in [0.5, 0.6) is 11.5 Å². The number of anilines is 1. The second-order valence-corrected chi connectivity index (χ2v) is 6.86. The molecule has 0 bridgehead atoms. The number of nitrogens with one attached hydrogen (secondary N) is 1. The number of ether oxygens (including phenoxy) is 2. The number of carbonyl (C=O) groups is 2. The van der Waals surface area contributed by atoms with E-state index in [0.29, 0.717) is 22.2 Å². The van der Waals surface area contributed by atoms with Crippen LogP contribution in [0.2, 0.25) is 5.02 Å². The van der Waals surface area contributed by atoms with Crippen molar-refractivity contribution in [2.45, 2.75) is 6.92 Å². The third-order valence-electron chi connectivity index (χ3n) is 4.42. The molecule has 0 spiro atoms. The van der Waals surface area contributed by atoms with Crippen molar-refractivity contribution in [1.82, 2.24) is 4.90 Å². The summed E-state index contributed by atoms with van der Waals surface area (Å²) in [6.07, 6.45) is 0. The Hall–Kier alpha value is -3.03.